The summed E-state index contributed by atoms with van der Waals surface area (Å²) in [7, 11) is 0. The van der Waals surface area contributed by atoms with E-state index in [0.717, 1.165) is 19.3 Å². The van der Waals surface area contributed by atoms with Crippen LogP contribution in [0.25, 0.3) is 0 Å². The molecule has 2 rings (SSSR count). The van der Waals surface area contributed by atoms with Crippen molar-refractivity contribution in [2.45, 2.75) is 81.6 Å². The van der Waals surface area contributed by atoms with Crippen molar-refractivity contribution in [1.29, 1.82) is 0 Å². The Hall–Kier alpha value is -1.78. The summed E-state index contributed by atoms with van der Waals surface area (Å²) >= 11 is 0. The van der Waals surface area contributed by atoms with Crippen LogP contribution in [0.15, 0.2) is 75.1 Å². The first-order chi connectivity index (χ1) is 12.4. The Labute approximate surface area is 167 Å². The van der Waals surface area contributed by atoms with Gasteiger partial charge < -0.3 is 0 Å². The molecular weight excluding hydrogens is 324 g/mol. The van der Waals surface area contributed by atoms with Gasteiger partial charge in [0, 0.05) is 0 Å². The lowest BCUT2D eigenvalue weighted by atomic mass is 9.80. The second kappa shape index (κ2) is 8.07. The Morgan fingerprint density at radius 3 is 2.19 bits per heavy atom. The average Bonchev–Trinajstić information content (AvgIpc) is 2.82. The third-order valence-corrected chi connectivity index (χ3v) is 5.56. The van der Waals surface area contributed by atoms with Gasteiger partial charge in [-0.25, -0.2) is 0 Å². The fraction of sp³-hybridized carbons (Fsp3) is 0.519. The molecule has 0 fully saturated rings. The highest BCUT2D eigenvalue weighted by molar-refractivity contribution is 5.51. The summed E-state index contributed by atoms with van der Waals surface area (Å²) < 4.78 is 0. The molecule has 0 unspecified atom stereocenters. The molecule has 27 heavy (non-hydrogen) atoms. The molecule has 0 bridgehead atoms. The van der Waals surface area contributed by atoms with Crippen LogP contribution in [-0.4, -0.2) is 0 Å². The van der Waals surface area contributed by atoms with E-state index < -0.39 is 0 Å². The van der Waals surface area contributed by atoms with E-state index in [2.05, 4.69) is 98.4 Å². The van der Waals surface area contributed by atoms with E-state index in [1.54, 1.807) is 0 Å². The zero-order valence-electron chi connectivity index (χ0n) is 19.0. The van der Waals surface area contributed by atoms with Crippen molar-refractivity contribution in [3.05, 3.63) is 75.1 Å². The minimum atomic E-state index is 0.116. The highest BCUT2D eigenvalue weighted by Gasteiger charge is 2.22. The van der Waals surface area contributed by atoms with Crippen molar-refractivity contribution in [1.82, 2.24) is 0 Å². The molecule has 0 spiro atoms. The molecular formula is C27H38. The average molecular weight is 363 g/mol. The highest BCUT2D eigenvalue weighted by Crippen LogP contribution is 2.38. The molecule has 2 aliphatic carbocycles. The van der Waals surface area contributed by atoms with E-state index in [1.165, 1.54) is 39.0 Å². The molecule has 0 heterocycles. The van der Waals surface area contributed by atoms with E-state index in [9.17, 15) is 0 Å². The number of hydrogen-bond donors (Lipinski definition) is 0. The van der Waals surface area contributed by atoms with Crippen LogP contribution in [0.5, 0.6) is 0 Å². The van der Waals surface area contributed by atoms with Gasteiger partial charge in [0.15, 0.2) is 0 Å². The van der Waals surface area contributed by atoms with Gasteiger partial charge in [-0.2, -0.15) is 0 Å². The quantitative estimate of drug-likeness (QED) is 0.442. The summed E-state index contributed by atoms with van der Waals surface area (Å²) in [6.07, 6.45) is 14.9. The van der Waals surface area contributed by atoms with Crippen molar-refractivity contribution in [3.63, 3.8) is 0 Å². The van der Waals surface area contributed by atoms with E-state index in [-0.39, 0.29) is 10.8 Å². The van der Waals surface area contributed by atoms with Gasteiger partial charge in [0.05, 0.1) is 0 Å². The van der Waals surface area contributed by atoms with Gasteiger partial charge in [-0.15, -0.1) is 5.73 Å². The monoisotopic (exact) mass is 362 g/mol. The molecule has 0 nitrogen and oxygen atoms in total. The van der Waals surface area contributed by atoms with E-state index in [4.69, 9.17) is 0 Å². The predicted molar refractivity (Wildman–Crippen MR) is 121 cm³/mol. The second-order valence-electron chi connectivity index (χ2n) is 9.99. The lowest BCUT2D eigenvalue weighted by Gasteiger charge is -2.25. The molecule has 0 saturated carbocycles. The van der Waals surface area contributed by atoms with E-state index in [1.807, 2.05) is 0 Å². The predicted octanol–water partition coefficient (Wildman–Crippen LogP) is 8.42. The third-order valence-electron chi connectivity index (χ3n) is 5.56. The van der Waals surface area contributed by atoms with Crippen LogP contribution < -0.4 is 0 Å². The highest BCUT2D eigenvalue weighted by atomic mass is 14.3. The molecule has 2 aliphatic rings. The van der Waals surface area contributed by atoms with Gasteiger partial charge in [-0.1, -0.05) is 72.8 Å². The minimum Gasteiger partial charge on any atom is -0.113 e. The zero-order chi connectivity index (χ0) is 20.4. The Bertz CT molecular complexity index is 808. The Balaban J connectivity index is 2.52. The van der Waals surface area contributed by atoms with Crippen molar-refractivity contribution >= 4 is 0 Å². The minimum absolute atomic E-state index is 0.116. The smallest absolute Gasteiger partial charge is 0.000111 e. The topological polar surface area (TPSA) is 0 Å². The third kappa shape index (κ3) is 5.36. The largest absolute Gasteiger partial charge is 0.113 e. The lowest BCUT2D eigenvalue weighted by molar-refractivity contribution is 0.508. The maximum absolute atomic E-state index is 3.72. The summed E-state index contributed by atoms with van der Waals surface area (Å²) in [4.78, 5) is 0. The normalized spacial score (nSPS) is 18.9. The first-order valence-corrected chi connectivity index (χ1v) is 10.4. The van der Waals surface area contributed by atoms with Gasteiger partial charge in [0.1, 0.15) is 0 Å². The Morgan fingerprint density at radius 1 is 0.963 bits per heavy atom. The fourth-order valence-corrected chi connectivity index (χ4v) is 3.78. The van der Waals surface area contributed by atoms with Gasteiger partial charge >= 0.3 is 0 Å². The summed E-state index contributed by atoms with van der Waals surface area (Å²) in [5.74, 6) is 0. The molecule has 146 valence electrons. The van der Waals surface area contributed by atoms with Gasteiger partial charge in [-0.3, -0.25) is 0 Å². The molecule has 0 aliphatic heterocycles. The molecule has 0 heteroatoms. The summed E-state index contributed by atoms with van der Waals surface area (Å²) in [6, 6.07) is 0. The van der Waals surface area contributed by atoms with Crippen molar-refractivity contribution in [2.24, 2.45) is 10.8 Å². The van der Waals surface area contributed by atoms with E-state index in [0.29, 0.717) is 0 Å². The van der Waals surface area contributed by atoms with E-state index >= 15 is 0 Å². The van der Waals surface area contributed by atoms with Crippen LogP contribution >= 0.6 is 0 Å². The molecule has 0 radical (unpaired) electrons. The number of hydrogen-bond acceptors (Lipinski definition) is 0. The maximum atomic E-state index is 3.72. The number of allylic oxidation sites excluding steroid dienone is 11. The molecule has 0 saturated heterocycles. The van der Waals surface area contributed by atoms with Crippen LogP contribution in [0.4, 0.5) is 0 Å². The first kappa shape index (κ1) is 21.5. The second-order valence-corrected chi connectivity index (χ2v) is 9.99. The standard InChI is InChI=1S/C27H38/c1-10-21-16-23(19(2)15-24(17-21)26(4,5)6)18-22-13-11-12-14-25(20(22)3)27(7,8)9/h11,13-14,16-17H,10,12,18H2,1-9H3. The first-order valence-electron chi connectivity index (χ1n) is 10.4. The molecule has 0 atom stereocenters. The van der Waals surface area contributed by atoms with Crippen LogP contribution in [0.3, 0.4) is 0 Å². The fourth-order valence-electron chi connectivity index (χ4n) is 3.78. The molecule has 0 amide bonds. The van der Waals surface area contributed by atoms with Crippen molar-refractivity contribution < 1.29 is 0 Å². The maximum Gasteiger partial charge on any atom is -0.000111 e. The van der Waals surface area contributed by atoms with Gasteiger partial charge in [-0.05, 0) is 89.0 Å². The number of rotatable bonds is 3. The zero-order valence-corrected chi connectivity index (χ0v) is 19.0. The Kier molecular flexibility index (Phi) is 6.43. The molecule has 0 aromatic heterocycles. The van der Waals surface area contributed by atoms with Gasteiger partial charge in [0.25, 0.3) is 0 Å². The lowest BCUT2D eigenvalue weighted by Crippen LogP contribution is -2.11. The summed E-state index contributed by atoms with van der Waals surface area (Å²) in [5, 5.41) is 0. The molecule has 0 aromatic carbocycles. The van der Waals surface area contributed by atoms with Crippen LogP contribution in [0.1, 0.15) is 81.6 Å². The molecule has 0 aromatic rings. The summed E-state index contributed by atoms with van der Waals surface area (Å²) in [5.41, 5.74) is 13.8. The van der Waals surface area contributed by atoms with Crippen LogP contribution in [0, 0.1) is 10.8 Å². The van der Waals surface area contributed by atoms with Crippen molar-refractivity contribution in [3.8, 4) is 0 Å². The SMILES string of the molecule is CCC1=CC(C(C)(C)C)=C=C(C)C(CC2=C(C)C(C(C)(C)C)=CCC=C2)=C1. The van der Waals surface area contributed by atoms with Crippen LogP contribution in [0.2, 0.25) is 0 Å². The van der Waals surface area contributed by atoms with Gasteiger partial charge in [0.2, 0.25) is 0 Å². The van der Waals surface area contributed by atoms with Crippen LogP contribution in [-0.2, 0) is 0 Å². The Morgan fingerprint density at radius 2 is 1.63 bits per heavy atom. The summed E-state index contributed by atoms with van der Waals surface area (Å²) in [6.45, 7) is 20.5. The van der Waals surface area contributed by atoms with Crippen molar-refractivity contribution in [2.75, 3.05) is 0 Å². The molecule has 0 N–H and O–H groups in total.